The van der Waals surface area contributed by atoms with E-state index in [1.807, 2.05) is 0 Å². The van der Waals surface area contributed by atoms with Gasteiger partial charge in [0.05, 0.1) is 11.4 Å². The third-order valence-electron chi connectivity index (χ3n) is 4.48. The van der Waals surface area contributed by atoms with Gasteiger partial charge in [-0.05, 0) is 30.3 Å². The molecule has 0 amide bonds. The smallest absolute Gasteiger partial charge is 0.273 e. The number of aromatic nitrogens is 1. The lowest BCUT2D eigenvalue weighted by atomic mass is 10.0. The molecule has 0 aliphatic heterocycles. The van der Waals surface area contributed by atoms with Crippen LogP contribution in [-0.2, 0) is 17.1 Å². The zero-order valence-corrected chi connectivity index (χ0v) is 17.6. The van der Waals surface area contributed by atoms with Crippen molar-refractivity contribution in [2.75, 3.05) is 22.4 Å². The number of benzene rings is 2. The van der Waals surface area contributed by atoms with Crippen LogP contribution < -0.4 is 20.9 Å². The summed E-state index contributed by atoms with van der Waals surface area (Å²) < 4.78 is 55.6. The quantitative estimate of drug-likeness (QED) is 0.510. The second kappa shape index (κ2) is 8.60. The number of sulfonamides is 1. The molecule has 3 N–H and O–H groups in total. The molecule has 3 aromatic rings. The molecule has 3 rings (SSSR count). The van der Waals surface area contributed by atoms with E-state index in [-0.39, 0.29) is 22.6 Å². The molecule has 162 valence electrons. The summed E-state index contributed by atoms with van der Waals surface area (Å²) in [4.78, 5) is 12.3. The van der Waals surface area contributed by atoms with Crippen molar-refractivity contribution in [3.8, 4) is 11.1 Å². The SMILES string of the molecule is C=CS(=O)(=O)Nc1cccc(Nc2ccc(F)cc2F)c1-c1cc(NC)c(=O)n(C)c1. The summed E-state index contributed by atoms with van der Waals surface area (Å²) in [6, 6.07) is 9.30. The predicted octanol–water partition coefficient (Wildman–Crippen LogP) is 4.00. The fourth-order valence-electron chi connectivity index (χ4n) is 3.01. The van der Waals surface area contributed by atoms with Crippen LogP contribution in [0.4, 0.5) is 31.5 Å². The molecular weight excluding hydrogens is 426 g/mol. The molecule has 0 aliphatic carbocycles. The van der Waals surface area contributed by atoms with Gasteiger partial charge in [0.1, 0.15) is 17.3 Å². The number of rotatable bonds is 7. The largest absolute Gasteiger partial charge is 0.384 e. The highest BCUT2D eigenvalue weighted by molar-refractivity contribution is 7.95. The second-order valence-corrected chi connectivity index (χ2v) is 8.23. The van der Waals surface area contributed by atoms with Gasteiger partial charge in [0, 0.05) is 48.6 Å². The van der Waals surface area contributed by atoms with Crippen LogP contribution in [0.3, 0.4) is 0 Å². The molecule has 7 nitrogen and oxygen atoms in total. The average molecular weight is 446 g/mol. The van der Waals surface area contributed by atoms with Gasteiger partial charge in [0.15, 0.2) is 0 Å². The molecule has 2 aromatic carbocycles. The minimum atomic E-state index is -3.86. The van der Waals surface area contributed by atoms with Crippen LogP contribution >= 0.6 is 0 Å². The minimum Gasteiger partial charge on any atom is -0.384 e. The Balaban J connectivity index is 2.26. The van der Waals surface area contributed by atoms with Crippen LogP contribution in [0.1, 0.15) is 0 Å². The van der Waals surface area contributed by atoms with Gasteiger partial charge in [-0.3, -0.25) is 9.52 Å². The van der Waals surface area contributed by atoms with Gasteiger partial charge in [-0.15, -0.1) is 0 Å². The maximum absolute atomic E-state index is 14.2. The van der Waals surface area contributed by atoms with Crippen molar-refractivity contribution in [1.29, 1.82) is 0 Å². The van der Waals surface area contributed by atoms with Crippen LogP contribution in [-0.4, -0.2) is 20.0 Å². The third kappa shape index (κ3) is 4.75. The highest BCUT2D eigenvalue weighted by atomic mass is 32.2. The van der Waals surface area contributed by atoms with E-state index in [0.717, 1.165) is 17.5 Å². The molecule has 0 saturated carbocycles. The number of anilines is 4. The molecule has 0 unspecified atom stereocenters. The van der Waals surface area contributed by atoms with Crippen molar-refractivity contribution in [3.05, 3.63) is 82.6 Å². The maximum atomic E-state index is 14.2. The molecule has 0 spiro atoms. The number of nitrogens with one attached hydrogen (secondary N) is 3. The number of hydrogen-bond donors (Lipinski definition) is 3. The lowest BCUT2D eigenvalue weighted by Crippen LogP contribution is -2.19. The van der Waals surface area contributed by atoms with Crippen LogP contribution in [0.25, 0.3) is 11.1 Å². The molecule has 10 heteroatoms. The molecule has 1 heterocycles. The Labute approximate surface area is 178 Å². The number of nitrogens with zero attached hydrogens (tertiary/aromatic N) is 1. The summed E-state index contributed by atoms with van der Waals surface area (Å²) >= 11 is 0. The molecule has 0 saturated heterocycles. The number of hydrogen-bond acceptors (Lipinski definition) is 5. The zero-order chi connectivity index (χ0) is 22.8. The molecule has 0 radical (unpaired) electrons. The van der Waals surface area contributed by atoms with E-state index >= 15 is 0 Å². The van der Waals surface area contributed by atoms with E-state index in [4.69, 9.17) is 0 Å². The Morgan fingerprint density at radius 3 is 2.39 bits per heavy atom. The summed E-state index contributed by atoms with van der Waals surface area (Å²) in [7, 11) is -0.727. The summed E-state index contributed by atoms with van der Waals surface area (Å²) in [6.07, 6.45) is 1.52. The van der Waals surface area contributed by atoms with Gasteiger partial charge in [0.25, 0.3) is 15.6 Å². The van der Waals surface area contributed by atoms with E-state index in [1.54, 1.807) is 32.3 Å². The van der Waals surface area contributed by atoms with Gasteiger partial charge in [-0.1, -0.05) is 12.6 Å². The molecule has 31 heavy (non-hydrogen) atoms. The van der Waals surface area contributed by atoms with Gasteiger partial charge in [0.2, 0.25) is 0 Å². The molecule has 0 fully saturated rings. The Morgan fingerprint density at radius 1 is 1.03 bits per heavy atom. The Morgan fingerprint density at radius 2 is 1.74 bits per heavy atom. The van der Waals surface area contributed by atoms with E-state index < -0.39 is 21.7 Å². The molecule has 1 aromatic heterocycles. The highest BCUT2D eigenvalue weighted by Gasteiger charge is 2.18. The predicted molar refractivity (Wildman–Crippen MR) is 119 cm³/mol. The van der Waals surface area contributed by atoms with Crippen molar-refractivity contribution in [2.45, 2.75) is 0 Å². The average Bonchev–Trinajstić information content (AvgIpc) is 2.72. The van der Waals surface area contributed by atoms with Crippen LogP contribution in [0.5, 0.6) is 0 Å². The number of pyridine rings is 1. The van der Waals surface area contributed by atoms with E-state index in [1.165, 1.54) is 22.9 Å². The number of halogens is 2. The number of aryl methyl sites for hydroxylation is 1. The zero-order valence-electron chi connectivity index (χ0n) is 16.7. The standard InChI is InChI=1S/C21H20F2N4O3S/c1-4-31(29,30)26-18-7-5-6-17(25-16-9-8-14(22)11-15(16)23)20(18)13-10-19(24-2)21(28)27(3)12-13/h4-12,24-26H,1H2,2-3H3. The maximum Gasteiger partial charge on any atom is 0.273 e. The molecule has 0 bridgehead atoms. The van der Waals surface area contributed by atoms with Gasteiger partial charge >= 0.3 is 0 Å². The fraction of sp³-hybridized carbons (Fsp3) is 0.0952. The van der Waals surface area contributed by atoms with Crippen molar-refractivity contribution >= 4 is 32.8 Å². The summed E-state index contributed by atoms with van der Waals surface area (Å²) in [6.45, 7) is 3.29. The van der Waals surface area contributed by atoms with Crippen molar-refractivity contribution in [2.24, 2.45) is 7.05 Å². The monoisotopic (exact) mass is 446 g/mol. The first-order valence-electron chi connectivity index (χ1n) is 9.04. The van der Waals surface area contributed by atoms with E-state index in [2.05, 4.69) is 21.9 Å². The van der Waals surface area contributed by atoms with E-state index in [0.29, 0.717) is 16.8 Å². The summed E-state index contributed by atoms with van der Waals surface area (Å²) in [5, 5.41) is 6.43. The lowest BCUT2D eigenvalue weighted by Gasteiger charge is -2.19. The Kier molecular flexibility index (Phi) is 6.11. The third-order valence-corrected chi connectivity index (χ3v) is 5.42. The van der Waals surface area contributed by atoms with Crippen molar-refractivity contribution in [1.82, 2.24) is 4.57 Å². The normalized spacial score (nSPS) is 11.1. The first-order valence-corrected chi connectivity index (χ1v) is 10.6. The first-order chi connectivity index (χ1) is 14.6. The first kappa shape index (κ1) is 22.0. The summed E-state index contributed by atoms with van der Waals surface area (Å²) in [5.74, 6) is -1.55. The topological polar surface area (TPSA) is 92.2 Å². The van der Waals surface area contributed by atoms with Gasteiger partial charge in [-0.25, -0.2) is 17.2 Å². The van der Waals surface area contributed by atoms with Crippen molar-refractivity contribution in [3.63, 3.8) is 0 Å². The molecule has 0 aliphatic rings. The van der Waals surface area contributed by atoms with Gasteiger partial charge < -0.3 is 15.2 Å². The van der Waals surface area contributed by atoms with Crippen LogP contribution in [0, 0.1) is 11.6 Å². The van der Waals surface area contributed by atoms with Gasteiger partial charge in [-0.2, -0.15) is 0 Å². The van der Waals surface area contributed by atoms with E-state index in [9.17, 15) is 22.0 Å². The Hall–Kier alpha value is -3.66. The van der Waals surface area contributed by atoms with Crippen LogP contribution in [0.15, 0.2) is 65.4 Å². The molecular formula is C21H20F2N4O3S. The molecule has 0 atom stereocenters. The lowest BCUT2D eigenvalue weighted by molar-refractivity contribution is 0.586. The van der Waals surface area contributed by atoms with Crippen molar-refractivity contribution < 1.29 is 17.2 Å². The second-order valence-electron chi connectivity index (χ2n) is 6.60. The highest BCUT2D eigenvalue weighted by Crippen LogP contribution is 2.38. The minimum absolute atomic E-state index is 0.00922. The Bertz CT molecular complexity index is 1320. The van der Waals surface area contributed by atoms with Crippen LogP contribution in [0.2, 0.25) is 0 Å². The fourth-order valence-corrected chi connectivity index (χ4v) is 3.57. The summed E-state index contributed by atoms with van der Waals surface area (Å²) in [5.41, 5.74) is 1.31.